The van der Waals surface area contributed by atoms with Crippen molar-refractivity contribution in [1.29, 1.82) is 0 Å². The van der Waals surface area contributed by atoms with Gasteiger partial charge in [-0.1, -0.05) is 0 Å². The monoisotopic (exact) mass is 241 g/mol. The number of halogens is 1. The van der Waals surface area contributed by atoms with Crippen LogP contribution in [-0.4, -0.2) is 11.1 Å². The Morgan fingerprint density at radius 2 is 2.31 bits per heavy atom. The van der Waals surface area contributed by atoms with E-state index in [4.69, 9.17) is 4.74 Å². The van der Waals surface area contributed by atoms with Crippen LogP contribution in [0.3, 0.4) is 0 Å². The van der Waals surface area contributed by atoms with Crippen molar-refractivity contribution in [1.82, 2.24) is 4.98 Å². The van der Waals surface area contributed by atoms with Gasteiger partial charge in [0.1, 0.15) is 6.10 Å². The normalized spacial score (nSPS) is 18.3. The van der Waals surface area contributed by atoms with E-state index in [1.54, 1.807) is 6.20 Å². The molecule has 0 aliphatic heterocycles. The average molecular weight is 242 g/mol. The number of hydrogen-bond donors (Lipinski definition) is 0. The van der Waals surface area contributed by atoms with Gasteiger partial charge in [0.25, 0.3) is 0 Å². The van der Waals surface area contributed by atoms with E-state index in [1.807, 2.05) is 12.1 Å². The summed E-state index contributed by atoms with van der Waals surface area (Å²) in [6.45, 7) is 2.11. The van der Waals surface area contributed by atoms with Crippen molar-refractivity contribution in [3.05, 3.63) is 22.8 Å². The molecule has 1 aliphatic carbocycles. The third-order valence-corrected chi connectivity index (χ3v) is 2.76. The number of ether oxygens (including phenoxy) is 1. The molecule has 1 atom stereocenters. The van der Waals surface area contributed by atoms with Crippen molar-refractivity contribution in [2.45, 2.75) is 25.9 Å². The quantitative estimate of drug-likeness (QED) is 0.812. The van der Waals surface area contributed by atoms with Crippen LogP contribution in [0.2, 0.25) is 0 Å². The first-order valence-corrected chi connectivity index (χ1v) is 5.33. The topological polar surface area (TPSA) is 22.1 Å². The highest BCUT2D eigenvalue weighted by atomic mass is 79.9. The molecule has 1 aromatic rings. The molecule has 0 saturated heterocycles. The molecule has 0 bridgehead atoms. The molecule has 0 amide bonds. The summed E-state index contributed by atoms with van der Waals surface area (Å²) in [5.74, 6) is 1.48. The van der Waals surface area contributed by atoms with Crippen LogP contribution in [0, 0.1) is 5.92 Å². The lowest BCUT2D eigenvalue weighted by Gasteiger charge is -2.12. The molecule has 2 nitrogen and oxygen atoms in total. The molecule has 0 spiro atoms. The van der Waals surface area contributed by atoms with E-state index < -0.39 is 0 Å². The second kappa shape index (κ2) is 3.66. The summed E-state index contributed by atoms with van der Waals surface area (Å²) in [6.07, 6.45) is 4.68. The maximum Gasteiger partial charge on any atom is 0.213 e. The van der Waals surface area contributed by atoms with Gasteiger partial charge in [0.15, 0.2) is 0 Å². The molecule has 1 fully saturated rings. The number of hydrogen-bond acceptors (Lipinski definition) is 2. The Balaban J connectivity index is 1.96. The maximum absolute atomic E-state index is 5.66. The fourth-order valence-electron chi connectivity index (χ4n) is 1.28. The predicted octanol–water partition coefficient (Wildman–Crippen LogP) is 3.02. The summed E-state index contributed by atoms with van der Waals surface area (Å²) in [4.78, 5) is 4.16. The zero-order valence-electron chi connectivity index (χ0n) is 7.53. The number of pyridine rings is 1. The zero-order valence-corrected chi connectivity index (χ0v) is 9.12. The van der Waals surface area contributed by atoms with Crippen LogP contribution in [0.1, 0.15) is 19.8 Å². The smallest absolute Gasteiger partial charge is 0.213 e. The van der Waals surface area contributed by atoms with Gasteiger partial charge in [-0.15, -0.1) is 0 Å². The molecule has 2 rings (SSSR count). The van der Waals surface area contributed by atoms with Crippen molar-refractivity contribution in [3.8, 4) is 5.88 Å². The lowest BCUT2D eigenvalue weighted by atomic mass is 10.3. The first-order chi connectivity index (χ1) is 6.25. The molecule has 1 aromatic heterocycles. The fourth-order valence-corrected chi connectivity index (χ4v) is 1.52. The summed E-state index contributed by atoms with van der Waals surface area (Å²) >= 11 is 3.33. The van der Waals surface area contributed by atoms with Crippen LogP contribution in [0.5, 0.6) is 5.88 Å². The molecule has 0 radical (unpaired) electrons. The Morgan fingerprint density at radius 3 is 2.85 bits per heavy atom. The van der Waals surface area contributed by atoms with Gasteiger partial charge in [0, 0.05) is 16.7 Å². The van der Waals surface area contributed by atoms with Crippen molar-refractivity contribution < 1.29 is 4.74 Å². The zero-order chi connectivity index (χ0) is 9.26. The van der Waals surface area contributed by atoms with Gasteiger partial charge in [-0.25, -0.2) is 4.98 Å². The van der Waals surface area contributed by atoms with Gasteiger partial charge in [-0.05, 0) is 47.7 Å². The van der Waals surface area contributed by atoms with E-state index in [2.05, 4.69) is 27.8 Å². The first-order valence-electron chi connectivity index (χ1n) is 4.54. The van der Waals surface area contributed by atoms with E-state index in [0.717, 1.165) is 16.3 Å². The van der Waals surface area contributed by atoms with Crippen molar-refractivity contribution >= 4 is 15.9 Å². The lowest BCUT2D eigenvalue weighted by molar-refractivity contribution is 0.190. The van der Waals surface area contributed by atoms with Crippen LogP contribution < -0.4 is 4.74 Å². The highest BCUT2D eigenvalue weighted by Gasteiger charge is 2.29. The van der Waals surface area contributed by atoms with E-state index >= 15 is 0 Å². The second-order valence-electron chi connectivity index (χ2n) is 3.48. The second-order valence-corrected chi connectivity index (χ2v) is 4.39. The van der Waals surface area contributed by atoms with Gasteiger partial charge in [0.05, 0.1) is 0 Å². The minimum atomic E-state index is 0.314. The van der Waals surface area contributed by atoms with Gasteiger partial charge < -0.3 is 4.74 Å². The van der Waals surface area contributed by atoms with E-state index in [-0.39, 0.29) is 0 Å². The van der Waals surface area contributed by atoms with Crippen molar-refractivity contribution in [2.24, 2.45) is 5.92 Å². The summed E-state index contributed by atoms with van der Waals surface area (Å²) in [7, 11) is 0. The van der Waals surface area contributed by atoms with Gasteiger partial charge >= 0.3 is 0 Å². The predicted molar refractivity (Wildman–Crippen MR) is 54.8 cm³/mol. The van der Waals surface area contributed by atoms with E-state index in [0.29, 0.717) is 6.10 Å². The molecule has 1 saturated carbocycles. The molecule has 1 heterocycles. The van der Waals surface area contributed by atoms with E-state index in [1.165, 1.54) is 12.8 Å². The average Bonchev–Trinajstić information content (AvgIpc) is 2.91. The Labute approximate surface area is 86.5 Å². The third kappa shape index (κ3) is 2.44. The lowest BCUT2D eigenvalue weighted by Crippen LogP contribution is -2.14. The SMILES string of the molecule is C[C@@H](Oc1ccc(Br)cn1)C1CC1. The molecule has 0 aromatic carbocycles. The van der Waals surface area contributed by atoms with Crippen LogP contribution in [-0.2, 0) is 0 Å². The Morgan fingerprint density at radius 1 is 1.54 bits per heavy atom. The molecule has 0 unspecified atom stereocenters. The highest BCUT2D eigenvalue weighted by Crippen LogP contribution is 2.34. The van der Waals surface area contributed by atoms with Crippen LogP contribution in [0.25, 0.3) is 0 Å². The van der Waals surface area contributed by atoms with Crippen LogP contribution in [0.15, 0.2) is 22.8 Å². The van der Waals surface area contributed by atoms with Crippen LogP contribution in [0.4, 0.5) is 0 Å². The fraction of sp³-hybridized carbons (Fsp3) is 0.500. The highest BCUT2D eigenvalue weighted by molar-refractivity contribution is 9.10. The van der Waals surface area contributed by atoms with Crippen molar-refractivity contribution in [2.75, 3.05) is 0 Å². The number of aromatic nitrogens is 1. The minimum Gasteiger partial charge on any atom is -0.474 e. The summed E-state index contributed by atoms with van der Waals surface area (Å²) in [6, 6.07) is 3.84. The number of rotatable bonds is 3. The first kappa shape index (κ1) is 9.00. The third-order valence-electron chi connectivity index (χ3n) is 2.29. The van der Waals surface area contributed by atoms with E-state index in [9.17, 15) is 0 Å². The maximum atomic E-state index is 5.66. The minimum absolute atomic E-state index is 0.314. The van der Waals surface area contributed by atoms with Crippen LogP contribution >= 0.6 is 15.9 Å². The van der Waals surface area contributed by atoms with Gasteiger partial charge in [0.2, 0.25) is 5.88 Å². The van der Waals surface area contributed by atoms with Gasteiger partial charge in [-0.3, -0.25) is 0 Å². The summed E-state index contributed by atoms with van der Waals surface area (Å²) in [5.41, 5.74) is 0. The molecule has 70 valence electrons. The number of nitrogens with zero attached hydrogens (tertiary/aromatic N) is 1. The molecule has 1 aliphatic rings. The largest absolute Gasteiger partial charge is 0.474 e. The molecular weight excluding hydrogens is 230 g/mol. The standard InChI is InChI=1S/C10H12BrNO/c1-7(8-2-3-8)13-10-5-4-9(11)6-12-10/h4-8H,2-3H2,1H3/t7-/m1/s1. The summed E-state index contributed by atoms with van der Waals surface area (Å²) < 4.78 is 6.65. The molecule has 3 heteroatoms. The van der Waals surface area contributed by atoms with Gasteiger partial charge in [-0.2, -0.15) is 0 Å². The molecular formula is C10H12BrNO. The molecule has 13 heavy (non-hydrogen) atoms. The Bertz CT molecular complexity index is 281. The Hall–Kier alpha value is -0.570. The van der Waals surface area contributed by atoms with Crippen molar-refractivity contribution in [3.63, 3.8) is 0 Å². The molecule has 0 N–H and O–H groups in total. The Kier molecular flexibility index (Phi) is 2.54. The summed E-state index contributed by atoms with van der Waals surface area (Å²) in [5, 5.41) is 0.